The SMILES string of the molecule is CCNC(=NCCNC(=O)C(C)C)N(C)Cc1cn(C)nc1C(C)C.I. The summed E-state index contributed by atoms with van der Waals surface area (Å²) in [5.74, 6) is 1.28. The van der Waals surface area contributed by atoms with Gasteiger partial charge in [0.05, 0.1) is 12.2 Å². The lowest BCUT2D eigenvalue weighted by atomic mass is 10.1. The quantitative estimate of drug-likeness (QED) is 0.260. The van der Waals surface area contributed by atoms with Crippen LogP contribution >= 0.6 is 24.0 Å². The predicted octanol–water partition coefficient (Wildman–Crippen LogP) is 2.33. The number of nitrogens with one attached hydrogen (secondary N) is 2. The number of carbonyl (C=O) groups excluding carboxylic acids is 1. The van der Waals surface area contributed by atoms with Crippen molar-refractivity contribution in [3.05, 3.63) is 17.5 Å². The molecular formula is C18H35IN6O. The van der Waals surface area contributed by atoms with Crippen molar-refractivity contribution in [3.63, 3.8) is 0 Å². The third-order valence-corrected chi connectivity index (χ3v) is 3.78. The Balaban J connectivity index is 0.00000625. The fraction of sp³-hybridized carbons (Fsp3) is 0.722. The Morgan fingerprint density at radius 2 is 1.96 bits per heavy atom. The van der Waals surface area contributed by atoms with Crippen LogP contribution in [0.3, 0.4) is 0 Å². The number of hydrogen-bond acceptors (Lipinski definition) is 3. The summed E-state index contributed by atoms with van der Waals surface area (Å²) >= 11 is 0. The third-order valence-electron chi connectivity index (χ3n) is 3.78. The van der Waals surface area contributed by atoms with Crippen LogP contribution in [0.4, 0.5) is 0 Å². The summed E-state index contributed by atoms with van der Waals surface area (Å²) in [4.78, 5) is 18.3. The van der Waals surface area contributed by atoms with Crippen LogP contribution < -0.4 is 10.6 Å². The summed E-state index contributed by atoms with van der Waals surface area (Å²) in [6.45, 7) is 12.8. The second-order valence-electron chi connectivity index (χ2n) is 6.91. The number of guanidine groups is 1. The monoisotopic (exact) mass is 478 g/mol. The molecule has 0 aliphatic carbocycles. The summed E-state index contributed by atoms with van der Waals surface area (Å²) in [5, 5.41) is 10.8. The molecule has 0 aliphatic heterocycles. The van der Waals surface area contributed by atoms with E-state index < -0.39 is 0 Å². The van der Waals surface area contributed by atoms with Gasteiger partial charge in [-0.1, -0.05) is 27.7 Å². The molecule has 150 valence electrons. The Labute approximate surface area is 175 Å². The first-order valence-electron chi connectivity index (χ1n) is 9.05. The molecule has 0 aromatic carbocycles. The number of amides is 1. The number of rotatable bonds is 8. The lowest BCUT2D eigenvalue weighted by Gasteiger charge is -2.22. The molecule has 0 bridgehead atoms. The van der Waals surface area contributed by atoms with Gasteiger partial charge in [-0.05, 0) is 12.8 Å². The molecule has 1 heterocycles. The van der Waals surface area contributed by atoms with Gasteiger partial charge < -0.3 is 15.5 Å². The van der Waals surface area contributed by atoms with Crippen LogP contribution in [0.5, 0.6) is 0 Å². The van der Waals surface area contributed by atoms with E-state index in [2.05, 4.69) is 45.7 Å². The summed E-state index contributed by atoms with van der Waals surface area (Å²) in [7, 11) is 3.97. The lowest BCUT2D eigenvalue weighted by Crippen LogP contribution is -2.39. The van der Waals surface area contributed by atoms with Crippen LogP contribution in [0.25, 0.3) is 0 Å². The molecule has 26 heavy (non-hydrogen) atoms. The molecular weight excluding hydrogens is 443 g/mol. The number of aliphatic imine (C=N–C) groups is 1. The maximum atomic E-state index is 11.6. The topological polar surface area (TPSA) is 74.6 Å². The Morgan fingerprint density at radius 3 is 2.50 bits per heavy atom. The number of carbonyl (C=O) groups is 1. The Kier molecular flexibility index (Phi) is 11.5. The van der Waals surface area contributed by atoms with Crippen molar-refractivity contribution >= 4 is 35.8 Å². The molecule has 2 N–H and O–H groups in total. The highest BCUT2D eigenvalue weighted by atomic mass is 127. The highest BCUT2D eigenvalue weighted by Crippen LogP contribution is 2.18. The largest absolute Gasteiger partial charge is 0.357 e. The average molecular weight is 478 g/mol. The normalized spacial score (nSPS) is 11.5. The summed E-state index contributed by atoms with van der Waals surface area (Å²) in [6.07, 6.45) is 2.07. The molecule has 0 unspecified atom stereocenters. The first-order chi connectivity index (χ1) is 11.8. The number of aryl methyl sites for hydroxylation is 1. The van der Waals surface area contributed by atoms with Gasteiger partial charge >= 0.3 is 0 Å². The van der Waals surface area contributed by atoms with Crippen molar-refractivity contribution in [2.75, 3.05) is 26.7 Å². The fourth-order valence-corrected chi connectivity index (χ4v) is 2.51. The zero-order valence-electron chi connectivity index (χ0n) is 17.2. The Bertz CT molecular complexity index is 582. The van der Waals surface area contributed by atoms with Gasteiger partial charge in [0, 0.05) is 51.4 Å². The van der Waals surface area contributed by atoms with E-state index >= 15 is 0 Å². The van der Waals surface area contributed by atoms with Gasteiger partial charge in [-0.3, -0.25) is 14.5 Å². The van der Waals surface area contributed by atoms with Crippen molar-refractivity contribution in [2.24, 2.45) is 18.0 Å². The van der Waals surface area contributed by atoms with Gasteiger partial charge in [0.2, 0.25) is 5.91 Å². The van der Waals surface area contributed by atoms with Crippen LogP contribution in [0.1, 0.15) is 51.8 Å². The Morgan fingerprint density at radius 1 is 1.31 bits per heavy atom. The van der Waals surface area contributed by atoms with Crippen molar-refractivity contribution < 1.29 is 4.79 Å². The van der Waals surface area contributed by atoms with E-state index in [0.717, 1.165) is 24.7 Å². The minimum Gasteiger partial charge on any atom is -0.357 e. The molecule has 1 amide bonds. The van der Waals surface area contributed by atoms with E-state index in [1.165, 1.54) is 5.56 Å². The molecule has 0 radical (unpaired) electrons. The molecule has 0 atom stereocenters. The minimum atomic E-state index is -0.0000689. The number of nitrogens with zero attached hydrogens (tertiary/aromatic N) is 4. The van der Waals surface area contributed by atoms with Gasteiger partial charge in [0.25, 0.3) is 0 Å². The Hall–Kier alpha value is -1.32. The van der Waals surface area contributed by atoms with E-state index in [-0.39, 0.29) is 35.8 Å². The smallest absolute Gasteiger partial charge is 0.222 e. The second-order valence-corrected chi connectivity index (χ2v) is 6.91. The maximum absolute atomic E-state index is 11.6. The zero-order valence-corrected chi connectivity index (χ0v) is 19.5. The summed E-state index contributed by atoms with van der Waals surface area (Å²) in [5.41, 5.74) is 2.33. The van der Waals surface area contributed by atoms with Gasteiger partial charge in [-0.15, -0.1) is 24.0 Å². The molecule has 0 fully saturated rings. The molecule has 0 spiro atoms. The van der Waals surface area contributed by atoms with E-state index in [0.29, 0.717) is 19.0 Å². The van der Waals surface area contributed by atoms with Crippen molar-refractivity contribution in [2.45, 2.75) is 47.1 Å². The van der Waals surface area contributed by atoms with Gasteiger partial charge in [-0.2, -0.15) is 5.10 Å². The predicted molar refractivity (Wildman–Crippen MR) is 118 cm³/mol. The van der Waals surface area contributed by atoms with Crippen molar-refractivity contribution in [3.8, 4) is 0 Å². The van der Waals surface area contributed by atoms with E-state index in [1.54, 1.807) is 0 Å². The highest BCUT2D eigenvalue weighted by molar-refractivity contribution is 14.0. The average Bonchev–Trinajstić information content (AvgIpc) is 2.90. The number of aromatic nitrogens is 2. The van der Waals surface area contributed by atoms with E-state index in [1.807, 2.05) is 39.5 Å². The molecule has 8 heteroatoms. The molecule has 0 aliphatic rings. The number of hydrogen-bond donors (Lipinski definition) is 2. The van der Waals surface area contributed by atoms with Crippen LogP contribution in [-0.4, -0.2) is 53.2 Å². The molecule has 0 saturated carbocycles. The minimum absolute atomic E-state index is 0. The standard InChI is InChI=1S/C18H34N6O.HI/c1-8-19-18(21-10-9-20-17(25)14(4)5)23(6)11-15-12-24(7)22-16(15)13(2)3;/h12-14H,8-11H2,1-7H3,(H,19,21)(H,20,25);1H. The molecule has 1 rings (SSSR count). The zero-order chi connectivity index (χ0) is 19.0. The fourth-order valence-electron chi connectivity index (χ4n) is 2.51. The lowest BCUT2D eigenvalue weighted by molar-refractivity contribution is -0.123. The first-order valence-corrected chi connectivity index (χ1v) is 9.05. The molecule has 7 nitrogen and oxygen atoms in total. The van der Waals surface area contributed by atoms with E-state index in [9.17, 15) is 4.79 Å². The number of halogens is 1. The second kappa shape index (κ2) is 12.1. The summed E-state index contributed by atoms with van der Waals surface area (Å²) < 4.78 is 1.87. The maximum Gasteiger partial charge on any atom is 0.222 e. The van der Waals surface area contributed by atoms with Crippen molar-refractivity contribution in [1.29, 1.82) is 0 Å². The molecule has 0 saturated heterocycles. The first kappa shape index (κ1) is 24.7. The molecule has 1 aromatic heterocycles. The summed E-state index contributed by atoms with van der Waals surface area (Å²) in [6, 6.07) is 0. The van der Waals surface area contributed by atoms with Crippen LogP contribution in [0, 0.1) is 5.92 Å². The van der Waals surface area contributed by atoms with Gasteiger partial charge in [0.15, 0.2) is 5.96 Å². The van der Waals surface area contributed by atoms with Crippen molar-refractivity contribution in [1.82, 2.24) is 25.3 Å². The van der Waals surface area contributed by atoms with E-state index in [4.69, 9.17) is 0 Å². The van der Waals surface area contributed by atoms with Gasteiger partial charge in [-0.25, -0.2) is 0 Å². The van der Waals surface area contributed by atoms with Crippen LogP contribution in [-0.2, 0) is 18.4 Å². The highest BCUT2D eigenvalue weighted by Gasteiger charge is 2.15. The van der Waals surface area contributed by atoms with Gasteiger partial charge in [0.1, 0.15) is 0 Å². The molecule has 1 aromatic rings. The third kappa shape index (κ3) is 7.92. The van der Waals surface area contributed by atoms with Crippen LogP contribution in [0.2, 0.25) is 0 Å². The van der Waals surface area contributed by atoms with Crippen LogP contribution in [0.15, 0.2) is 11.2 Å².